The summed E-state index contributed by atoms with van der Waals surface area (Å²) < 4.78 is 0. The van der Waals surface area contributed by atoms with Gasteiger partial charge < -0.3 is 10.2 Å². The lowest BCUT2D eigenvalue weighted by Crippen LogP contribution is -2.03. The number of carboxylic acid groups (broad SMARTS) is 1. The minimum Gasteiger partial charge on any atom is -0.478 e. The van der Waals surface area contributed by atoms with E-state index in [1.54, 1.807) is 6.07 Å². The molecule has 0 aliphatic heterocycles. The quantitative estimate of drug-likeness (QED) is 0.501. The topological polar surface area (TPSA) is 112 Å². The lowest BCUT2D eigenvalue weighted by atomic mass is 10.1. The van der Waals surface area contributed by atoms with Crippen molar-refractivity contribution < 1.29 is 9.90 Å². The van der Waals surface area contributed by atoms with Crippen molar-refractivity contribution in [1.29, 1.82) is 0 Å². The molecule has 27 heavy (non-hydrogen) atoms. The third-order valence-corrected chi connectivity index (χ3v) is 5.11. The Hall–Kier alpha value is -3.39. The second kappa shape index (κ2) is 6.73. The summed E-state index contributed by atoms with van der Waals surface area (Å²) in [5.41, 5.74) is 2.45. The van der Waals surface area contributed by atoms with Gasteiger partial charge in [-0.3, -0.25) is 9.89 Å². The number of hydrogen-bond donors (Lipinski definition) is 3. The average molecular weight is 378 g/mol. The summed E-state index contributed by atoms with van der Waals surface area (Å²) in [6.45, 7) is 1.81. The van der Waals surface area contributed by atoms with Crippen molar-refractivity contribution in [3.63, 3.8) is 0 Å². The summed E-state index contributed by atoms with van der Waals surface area (Å²) in [5, 5.41) is 16.0. The number of rotatable bonds is 4. The molecule has 0 fully saturated rings. The van der Waals surface area contributed by atoms with Gasteiger partial charge in [0.1, 0.15) is 5.03 Å². The smallest absolute Gasteiger partial charge is 0.337 e. The van der Waals surface area contributed by atoms with E-state index < -0.39 is 5.97 Å². The number of fused-ring (bicyclic) bond motifs is 1. The van der Waals surface area contributed by atoms with Crippen molar-refractivity contribution in [3.8, 4) is 11.3 Å². The fraction of sp³-hybridized carbons (Fsp3) is 0.0526. The highest BCUT2D eigenvalue weighted by molar-refractivity contribution is 7.99. The number of nitrogens with zero attached hydrogens (tertiary/aromatic N) is 2. The Morgan fingerprint density at radius 2 is 1.96 bits per heavy atom. The number of aromatic nitrogens is 4. The third-order valence-electron chi connectivity index (χ3n) is 4.10. The number of hydrogen-bond acceptors (Lipinski definition) is 5. The lowest BCUT2D eigenvalue weighted by Gasteiger charge is -2.09. The molecule has 0 saturated carbocycles. The number of nitrogens with one attached hydrogen (secondary N) is 2. The maximum atomic E-state index is 12.1. The number of carboxylic acids is 1. The van der Waals surface area contributed by atoms with Gasteiger partial charge in [-0.2, -0.15) is 0 Å². The number of aromatic carboxylic acids is 1. The molecule has 0 spiro atoms. The molecule has 0 unspecified atom stereocenters. The van der Waals surface area contributed by atoms with Gasteiger partial charge in [0.15, 0.2) is 0 Å². The van der Waals surface area contributed by atoms with Crippen LogP contribution in [-0.4, -0.2) is 31.2 Å². The molecule has 0 atom stereocenters. The molecule has 0 aliphatic carbocycles. The minimum atomic E-state index is -1.02. The maximum Gasteiger partial charge on any atom is 0.337 e. The Kier molecular flexibility index (Phi) is 4.25. The van der Waals surface area contributed by atoms with E-state index in [-0.39, 0.29) is 11.1 Å². The molecule has 1 aromatic carbocycles. The third kappa shape index (κ3) is 3.22. The number of aryl methyl sites for hydroxylation is 1. The highest BCUT2D eigenvalue weighted by Crippen LogP contribution is 2.34. The zero-order valence-electron chi connectivity index (χ0n) is 14.2. The molecule has 4 rings (SSSR count). The van der Waals surface area contributed by atoms with E-state index in [4.69, 9.17) is 5.11 Å². The number of H-pyrrole nitrogens is 2. The lowest BCUT2D eigenvalue weighted by molar-refractivity contribution is 0.0696. The first kappa shape index (κ1) is 17.0. The molecule has 3 N–H and O–H groups in total. The minimum absolute atomic E-state index is 0.133. The molecule has 134 valence electrons. The zero-order valence-corrected chi connectivity index (χ0v) is 15.0. The summed E-state index contributed by atoms with van der Waals surface area (Å²) in [5.74, 6) is -1.02. The molecule has 0 aliphatic rings. The molecule has 0 saturated heterocycles. The molecule has 0 bridgehead atoms. The van der Waals surface area contributed by atoms with Gasteiger partial charge >= 0.3 is 5.97 Å². The summed E-state index contributed by atoms with van der Waals surface area (Å²) in [7, 11) is 0. The molecule has 4 aromatic rings. The van der Waals surface area contributed by atoms with Crippen LogP contribution in [0.1, 0.15) is 16.1 Å². The largest absolute Gasteiger partial charge is 0.478 e. The van der Waals surface area contributed by atoms with Gasteiger partial charge in [0.2, 0.25) is 0 Å². The van der Waals surface area contributed by atoms with Crippen LogP contribution in [0.4, 0.5) is 0 Å². The molecular formula is C19H14N4O3S. The fourth-order valence-electron chi connectivity index (χ4n) is 2.79. The van der Waals surface area contributed by atoms with Gasteiger partial charge in [-0.25, -0.2) is 14.8 Å². The SMILES string of the molecule is Cc1[nH][nH]c(=O)c1-c1cc(Sc2ccc(C(=O)O)cn2)c2ccccc2n1. The van der Waals surface area contributed by atoms with Gasteiger partial charge in [-0.15, -0.1) is 0 Å². The van der Waals surface area contributed by atoms with E-state index in [1.807, 2.05) is 37.3 Å². The van der Waals surface area contributed by atoms with Crippen LogP contribution < -0.4 is 5.56 Å². The number of benzene rings is 1. The predicted octanol–water partition coefficient (Wildman–Crippen LogP) is 3.47. The first-order valence-corrected chi connectivity index (χ1v) is 8.89. The van der Waals surface area contributed by atoms with Crippen LogP contribution >= 0.6 is 11.8 Å². The summed E-state index contributed by atoms with van der Waals surface area (Å²) in [6.07, 6.45) is 1.33. The second-order valence-electron chi connectivity index (χ2n) is 5.89. The van der Waals surface area contributed by atoms with Crippen molar-refractivity contribution >= 4 is 28.6 Å². The van der Waals surface area contributed by atoms with Gasteiger partial charge in [0.05, 0.1) is 22.3 Å². The van der Waals surface area contributed by atoms with Crippen LogP contribution in [0.25, 0.3) is 22.2 Å². The molecular weight excluding hydrogens is 364 g/mol. The Labute approximate surface area is 157 Å². The Morgan fingerprint density at radius 3 is 2.63 bits per heavy atom. The highest BCUT2D eigenvalue weighted by Gasteiger charge is 2.15. The number of pyridine rings is 2. The molecule has 3 aromatic heterocycles. The first-order valence-electron chi connectivity index (χ1n) is 8.07. The van der Waals surface area contributed by atoms with Crippen molar-refractivity contribution in [2.24, 2.45) is 0 Å². The molecule has 3 heterocycles. The van der Waals surface area contributed by atoms with Crippen molar-refractivity contribution in [1.82, 2.24) is 20.2 Å². The van der Waals surface area contributed by atoms with Crippen molar-refractivity contribution in [3.05, 3.63) is 70.3 Å². The molecule has 0 radical (unpaired) electrons. The van der Waals surface area contributed by atoms with Crippen molar-refractivity contribution in [2.45, 2.75) is 16.8 Å². The predicted molar refractivity (Wildman–Crippen MR) is 102 cm³/mol. The van der Waals surface area contributed by atoms with E-state index in [0.717, 1.165) is 15.8 Å². The second-order valence-corrected chi connectivity index (χ2v) is 6.96. The molecule has 7 nitrogen and oxygen atoms in total. The number of aromatic amines is 2. The van der Waals surface area contributed by atoms with Crippen LogP contribution in [0.3, 0.4) is 0 Å². The summed E-state index contributed by atoms with van der Waals surface area (Å²) in [4.78, 5) is 32.9. The fourth-order valence-corrected chi connectivity index (χ4v) is 3.71. The van der Waals surface area contributed by atoms with Gasteiger partial charge in [0, 0.05) is 22.2 Å². The number of carbonyl (C=O) groups is 1. The normalized spacial score (nSPS) is 11.0. The zero-order chi connectivity index (χ0) is 19.0. The first-order chi connectivity index (χ1) is 13.0. The van der Waals surface area contributed by atoms with Crippen LogP contribution in [0.5, 0.6) is 0 Å². The van der Waals surface area contributed by atoms with Crippen LogP contribution in [-0.2, 0) is 0 Å². The van der Waals surface area contributed by atoms with E-state index in [1.165, 1.54) is 24.0 Å². The van der Waals surface area contributed by atoms with Crippen LogP contribution in [0, 0.1) is 6.92 Å². The Morgan fingerprint density at radius 1 is 1.15 bits per heavy atom. The Balaban J connectivity index is 1.84. The Bertz CT molecular complexity index is 1210. The van der Waals surface area contributed by atoms with Gasteiger partial charge in [-0.1, -0.05) is 30.0 Å². The highest BCUT2D eigenvalue weighted by atomic mass is 32.2. The molecule has 8 heteroatoms. The summed E-state index contributed by atoms with van der Waals surface area (Å²) >= 11 is 1.39. The molecule has 0 amide bonds. The van der Waals surface area contributed by atoms with E-state index in [0.29, 0.717) is 22.0 Å². The van der Waals surface area contributed by atoms with Crippen molar-refractivity contribution in [2.75, 3.05) is 0 Å². The van der Waals surface area contributed by atoms with Crippen LogP contribution in [0.15, 0.2) is 63.4 Å². The van der Waals surface area contributed by atoms with E-state index in [9.17, 15) is 9.59 Å². The number of para-hydroxylation sites is 1. The summed E-state index contributed by atoms with van der Waals surface area (Å²) in [6, 6.07) is 12.7. The maximum absolute atomic E-state index is 12.1. The van der Waals surface area contributed by atoms with Crippen LogP contribution in [0.2, 0.25) is 0 Å². The standard InChI is InChI=1S/C19H14N4O3S/c1-10-17(18(24)23-22-10)14-8-15(12-4-2-3-5-13(12)21-14)27-16-7-6-11(9-20-16)19(25)26/h2-9H,1H3,(H,25,26)(H2,22,23,24). The van der Waals surface area contributed by atoms with E-state index >= 15 is 0 Å². The van der Waals surface area contributed by atoms with Gasteiger partial charge in [0.25, 0.3) is 5.56 Å². The van der Waals surface area contributed by atoms with E-state index in [2.05, 4.69) is 20.2 Å². The van der Waals surface area contributed by atoms with Gasteiger partial charge in [-0.05, 0) is 31.2 Å². The monoisotopic (exact) mass is 378 g/mol. The average Bonchev–Trinajstić information content (AvgIpc) is 3.00.